The molecular weight excluding hydrogens is 234 g/mol. The molecule has 0 aliphatic rings. The molecule has 0 aliphatic heterocycles. The van der Waals surface area contributed by atoms with Crippen molar-refractivity contribution in [1.82, 2.24) is 0 Å². The molecule has 0 heterocycles. The van der Waals surface area contributed by atoms with Crippen molar-refractivity contribution in [3.05, 3.63) is 30.3 Å². The Morgan fingerprint density at radius 2 is 1.74 bits per heavy atom. The molecule has 0 saturated carbocycles. The smallest absolute Gasteiger partial charge is 0.227 e. The van der Waals surface area contributed by atoms with E-state index in [2.05, 4.69) is 27.7 Å². The van der Waals surface area contributed by atoms with Gasteiger partial charge in [-0.25, -0.2) is 0 Å². The number of hydrogen-bond donors (Lipinski definition) is 0. The molecule has 0 fully saturated rings. The number of carbonyl (C=O) groups is 1. The Morgan fingerprint density at radius 1 is 1.11 bits per heavy atom. The average molecular weight is 261 g/mol. The molecule has 0 aliphatic carbocycles. The van der Waals surface area contributed by atoms with Crippen LogP contribution in [0, 0.1) is 5.41 Å². The van der Waals surface area contributed by atoms with E-state index >= 15 is 0 Å². The molecule has 1 aromatic carbocycles. The van der Waals surface area contributed by atoms with Crippen LogP contribution in [0.15, 0.2) is 30.3 Å². The Kier molecular flexibility index (Phi) is 6.07. The zero-order valence-corrected chi connectivity index (χ0v) is 12.8. The lowest BCUT2D eigenvalue weighted by molar-refractivity contribution is -0.120. The van der Waals surface area contributed by atoms with Crippen LogP contribution in [0.25, 0.3) is 0 Å². The first-order chi connectivity index (χ1) is 8.94. The van der Waals surface area contributed by atoms with Crippen LogP contribution in [-0.2, 0) is 4.79 Å². The molecule has 0 atom stereocenters. The molecule has 0 unspecified atom stereocenters. The van der Waals surface area contributed by atoms with Crippen LogP contribution in [0.5, 0.6) is 0 Å². The summed E-state index contributed by atoms with van der Waals surface area (Å²) in [5.74, 6) is 0.231. The summed E-state index contributed by atoms with van der Waals surface area (Å²) in [6.45, 7) is 9.34. The Bertz CT molecular complexity index is 378. The Morgan fingerprint density at radius 3 is 2.26 bits per heavy atom. The zero-order valence-electron chi connectivity index (χ0n) is 12.8. The fourth-order valence-corrected chi connectivity index (χ4v) is 2.07. The van der Waals surface area contributed by atoms with Gasteiger partial charge in [0, 0.05) is 18.7 Å². The van der Waals surface area contributed by atoms with Crippen LogP contribution in [0.3, 0.4) is 0 Å². The number of rotatable bonds is 6. The lowest BCUT2D eigenvalue weighted by atomic mass is 9.91. The van der Waals surface area contributed by atoms with Crippen molar-refractivity contribution in [3.8, 4) is 0 Å². The van der Waals surface area contributed by atoms with E-state index in [1.54, 1.807) is 0 Å². The predicted molar refractivity (Wildman–Crippen MR) is 82.4 cm³/mol. The number of anilines is 1. The molecule has 1 rings (SSSR count). The maximum Gasteiger partial charge on any atom is 0.227 e. The first-order valence-electron chi connectivity index (χ1n) is 7.29. The van der Waals surface area contributed by atoms with Gasteiger partial charge in [-0.05, 0) is 24.0 Å². The molecule has 1 amide bonds. The second-order valence-electron chi connectivity index (χ2n) is 6.33. The standard InChI is InChI=1S/C17H27NO/c1-5-6-10-13-18(15-11-8-7-9-12-15)16(19)14-17(2,3)4/h7-9,11-12H,5-6,10,13-14H2,1-4H3. The summed E-state index contributed by atoms with van der Waals surface area (Å²) in [5.41, 5.74) is 1.06. The van der Waals surface area contributed by atoms with Gasteiger partial charge in [0.2, 0.25) is 5.91 Å². The van der Waals surface area contributed by atoms with Crippen LogP contribution in [0.2, 0.25) is 0 Å². The summed E-state index contributed by atoms with van der Waals surface area (Å²) >= 11 is 0. The monoisotopic (exact) mass is 261 g/mol. The van der Waals surface area contributed by atoms with Crippen molar-refractivity contribution in [2.75, 3.05) is 11.4 Å². The van der Waals surface area contributed by atoms with Gasteiger partial charge in [-0.1, -0.05) is 58.7 Å². The third-order valence-electron chi connectivity index (χ3n) is 3.04. The average Bonchev–Trinajstić information content (AvgIpc) is 2.33. The van der Waals surface area contributed by atoms with E-state index in [1.807, 2.05) is 35.2 Å². The van der Waals surface area contributed by atoms with Crippen molar-refractivity contribution < 1.29 is 4.79 Å². The minimum Gasteiger partial charge on any atom is -0.312 e. The third-order valence-corrected chi connectivity index (χ3v) is 3.04. The van der Waals surface area contributed by atoms with E-state index in [4.69, 9.17) is 0 Å². The SMILES string of the molecule is CCCCCN(C(=O)CC(C)(C)C)c1ccccc1. The molecular formula is C17H27NO. The Hall–Kier alpha value is -1.31. The normalized spacial score (nSPS) is 11.4. The Labute approximate surface area is 117 Å². The third kappa shape index (κ3) is 5.91. The van der Waals surface area contributed by atoms with Gasteiger partial charge < -0.3 is 4.90 Å². The van der Waals surface area contributed by atoms with E-state index in [0.717, 1.165) is 18.7 Å². The van der Waals surface area contributed by atoms with Gasteiger partial charge in [0.15, 0.2) is 0 Å². The molecule has 0 radical (unpaired) electrons. The van der Waals surface area contributed by atoms with E-state index in [0.29, 0.717) is 6.42 Å². The highest BCUT2D eigenvalue weighted by Gasteiger charge is 2.21. The summed E-state index contributed by atoms with van der Waals surface area (Å²) in [6, 6.07) is 10.0. The maximum absolute atomic E-state index is 12.5. The molecule has 0 bridgehead atoms. The van der Waals surface area contributed by atoms with Crippen LogP contribution < -0.4 is 4.90 Å². The lowest BCUT2D eigenvalue weighted by Crippen LogP contribution is -2.34. The van der Waals surface area contributed by atoms with E-state index in [9.17, 15) is 4.79 Å². The molecule has 0 saturated heterocycles. The second-order valence-corrected chi connectivity index (χ2v) is 6.33. The van der Waals surface area contributed by atoms with Crippen molar-refractivity contribution in [2.45, 2.75) is 53.4 Å². The lowest BCUT2D eigenvalue weighted by Gasteiger charge is -2.27. The fourth-order valence-electron chi connectivity index (χ4n) is 2.07. The molecule has 19 heavy (non-hydrogen) atoms. The van der Waals surface area contributed by atoms with Crippen LogP contribution >= 0.6 is 0 Å². The summed E-state index contributed by atoms with van der Waals surface area (Å²) in [4.78, 5) is 14.4. The largest absolute Gasteiger partial charge is 0.312 e. The van der Waals surface area contributed by atoms with E-state index in [1.165, 1.54) is 12.8 Å². The number of amides is 1. The first kappa shape index (κ1) is 15.7. The van der Waals surface area contributed by atoms with E-state index < -0.39 is 0 Å². The number of para-hydroxylation sites is 1. The molecule has 0 spiro atoms. The molecule has 1 aromatic rings. The molecule has 2 heteroatoms. The number of carbonyl (C=O) groups excluding carboxylic acids is 1. The van der Waals surface area contributed by atoms with Gasteiger partial charge >= 0.3 is 0 Å². The van der Waals surface area contributed by atoms with Gasteiger partial charge in [-0.3, -0.25) is 4.79 Å². The zero-order chi connectivity index (χ0) is 14.3. The van der Waals surface area contributed by atoms with Gasteiger partial charge in [-0.2, -0.15) is 0 Å². The molecule has 2 nitrogen and oxygen atoms in total. The first-order valence-corrected chi connectivity index (χ1v) is 7.29. The highest BCUT2D eigenvalue weighted by atomic mass is 16.2. The van der Waals surface area contributed by atoms with Crippen LogP contribution in [0.4, 0.5) is 5.69 Å². The highest BCUT2D eigenvalue weighted by Crippen LogP contribution is 2.23. The van der Waals surface area contributed by atoms with Gasteiger partial charge in [-0.15, -0.1) is 0 Å². The van der Waals surface area contributed by atoms with Crippen molar-refractivity contribution >= 4 is 11.6 Å². The van der Waals surface area contributed by atoms with Crippen molar-refractivity contribution in [3.63, 3.8) is 0 Å². The van der Waals surface area contributed by atoms with Gasteiger partial charge in [0.05, 0.1) is 0 Å². The minimum absolute atomic E-state index is 0.0366. The maximum atomic E-state index is 12.5. The predicted octanol–water partition coefficient (Wildman–Crippen LogP) is 4.65. The topological polar surface area (TPSA) is 20.3 Å². The van der Waals surface area contributed by atoms with Gasteiger partial charge in [0.25, 0.3) is 0 Å². The number of nitrogens with zero attached hydrogens (tertiary/aromatic N) is 1. The fraction of sp³-hybridized carbons (Fsp3) is 0.588. The molecule has 0 aromatic heterocycles. The van der Waals surface area contributed by atoms with Gasteiger partial charge in [0.1, 0.15) is 0 Å². The minimum atomic E-state index is 0.0366. The quantitative estimate of drug-likeness (QED) is 0.683. The summed E-state index contributed by atoms with van der Waals surface area (Å²) < 4.78 is 0. The van der Waals surface area contributed by atoms with Crippen LogP contribution in [0.1, 0.15) is 53.4 Å². The van der Waals surface area contributed by atoms with Crippen LogP contribution in [-0.4, -0.2) is 12.5 Å². The Balaban J connectivity index is 2.77. The molecule has 106 valence electrons. The van der Waals surface area contributed by atoms with Crippen molar-refractivity contribution in [2.24, 2.45) is 5.41 Å². The number of benzene rings is 1. The highest BCUT2D eigenvalue weighted by molar-refractivity contribution is 5.93. The van der Waals surface area contributed by atoms with E-state index in [-0.39, 0.29) is 11.3 Å². The second kappa shape index (κ2) is 7.32. The summed E-state index contributed by atoms with van der Waals surface area (Å²) in [5, 5.41) is 0. The molecule has 0 N–H and O–H groups in total. The summed E-state index contributed by atoms with van der Waals surface area (Å²) in [6.07, 6.45) is 4.01. The summed E-state index contributed by atoms with van der Waals surface area (Å²) in [7, 11) is 0. The van der Waals surface area contributed by atoms with Crippen molar-refractivity contribution in [1.29, 1.82) is 0 Å². The number of hydrogen-bond acceptors (Lipinski definition) is 1. The number of unbranched alkanes of at least 4 members (excludes halogenated alkanes) is 2.